The van der Waals surface area contributed by atoms with Crippen molar-refractivity contribution in [1.29, 1.82) is 0 Å². The lowest BCUT2D eigenvalue weighted by atomic mass is 9.94. The number of carbonyl (C=O) groups excluding carboxylic acids is 2. The SMILES string of the molecule is CCOC(=O)C1=C(COc2cccc(Cl)c2)N(CC)C(=O)NC1c1ccccc1F. The van der Waals surface area contributed by atoms with E-state index in [1.54, 1.807) is 50.2 Å². The van der Waals surface area contributed by atoms with Crippen LogP contribution in [0.5, 0.6) is 5.75 Å². The van der Waals surface area contributed by atoms with Crippen molar-refractivity contribution in [2.24, 2.45) is 0 Å². The second-order valence-electron chi connectivity index (χ2n) is 6.48. The van der Waals surface area contributed by atoms with Crippen LogP contribution < -0.4 is 10.1 Å². The molecule has 3 rings (SSSR count). The van der Waals surface area contributed by atoms with E-state index in [2.05, 4.69) is 5.32 Å². The van der Waals surface area contributed by atoms with Crippen LogP contribution in [0.3, 0.4) is 0 Å². The summed E-state index contributed by atoms with van der Waals surface area (Å²) in [6.07, 6.45) is 0. The fourth-order valence-electron chi connectivity index (χ4n) is 3.29. The first-order valence-corrected chi connectivity index (χ1v) is 9.95. The smallest absolute Gasteiger partial charge is 0.338 e. The van der Waals surface area contributed by atoms with Crippen LogP contribution in [-0.2, 0) is 9.53 Å². The molecule has 6 nitrogen and oxygen atoms in total. The van der Waals surface area contributed by atoms with Gasteiger partial charge in [0.2, 0.25) is 0 Å². The van der Waals surface area contributed by atoms with Crippen LogP contribution in [-0.4, -0.2) is 36.7 Å². The maximum absolute atomic E-state index is 14.5. The number of ether oxygens (including phenoxy) is 2. The molecule has 158 valence electrons. The quantitative estimate of drug-likeness (QED) is 0.656. The van der Waals surface area contributed by atoms with Gasteiger partial charge in [0.15, 0.2) is 0 Å². The van der Waals surface area contributed by atoms with Gasteiger partial charge in [0.25, 0.3) is 0 Å². The van der Waals surface area contributed by atoms with Gasteiger partial charge in [-0.2, -0.15) is 0 Å². The molecule has 1 aliphatic heterocycles. The van der Waals surface area contributed by atoms with Gasteiger partial charge in [0.05, 0.1) is 23.9 Å². The average molecular weight is 433 g/mol. The molecule has 0 fully saturated rings. The van der Waals surface area contributed by atoms with Crippen molar-refractivity contribution in [2.45, 2.75) is 19.9 Å². The van der Waals surface area contributed by atoms with Crippen molar-refractivity contribution in [2.75, 3.05) is 19.8 Å². The topological polar surface area (TPSA) is 67.9 Å². The number of esters is 1. The number of urea groups is 1. The summed E-state index contributed by atoms with van der Waals surface area (Å²) < 4.78 is 25.6. The van der Waals surface area contributed by atoms with E-state index in [0.29, 0.717) is 16.5 Å². The van der Waals surface area contributed by atoms with Crippen LogP contribution in [0.1, 0.15) is 25.5 Å². The van der Waals surface area contributed by atoms with E-state index in [1.807, 2.05) is 0 Å². The van der Waals surface area contributed by atoms with Gasteiger partial charge in [-0.3, -0.25) is 4.90 Å². The maximum atomic E-state index is 14.5. The van der Waals surface area contributed by atoms with E-state index in [9.17, 15) is 14.0 Å². The Morgan fingerprint density at radius 1 is 1.20 bits per heavy atom. The van der Waals surface area contributed by atoms with Gasteiger partial charge >= 0.3 is 12.0 Å². The molecule has 1 atom stereocenters. The standard InChI is InChI=1S/C22H22ClFN2O4/c1-3-26-18(13-30-15-9-7-8-14(23)12-15)19(21(27)29-4-2)20(25-22(26)28)16-10-5-6-11-17(16)24/h5-12,20H,3-4,13H2,1-2H3,(H,25,28). The monoisotopic (exact) mass is 432 g/mol. The van der Waals surface area contributed by atoms with E-state index in [0.717, 1.165) is 0 Å². The molecule has 1 N–H and O–H groups in total. The van der Waals surface area contributed by atoms with Gasteiger partial charge in [-0.15, -0.1) is 0 Å². The van der Waals surface area contributed by atoms with Crippen molar-refractivity contribution in [3.8, 4) is 5.75 Å². The molecular formula is C22H22ClFN2O4. The second-order valence-corrected chi connectivity index (χ2v) is 6.91. The minimum Gasteiger partial charge on any atom is -0.487 e. The van der Waals surface area contributed by atoms with Crippen LogP contribution in [0, 0.1) is 5.82 Å². The number of amides is 2. The summed E-state index contributed by atoms with van der Waals surface area (Å²) in [5.74, 6) is -0.707. The van der Waals surface area contributed by atoms with Gasteiger partial charge in [0, 0.05) is 17.1 Å². The average Bonchev–Trinajstić information content (AvgIpc) is 2.72. The molecule has 1 unspecified atom stereocenters. The number of rotatable bonds is 7. The zero-order valence-electron chi connectivity index (χ0n) is 16.7. The number of hydrogen-bond donors (Lipinski definition) is 1. The number of hydrogen-bond acceptors (Lipinski definition) is 4. The van der Waals surface area contributed by atoms with E-state index < -0.39 is 23.9 Å². The maximum Gasteiger partial charge on any atom is 0.338 e. The van der Waals surface area contributed by atoms with Crippen molar-refractivity contribution < 1.29 is 23.5 Å². The summed E-state index contributed by atoms with van der Waals surface area (Å²) in [4.78, 5) is 27.0. The normalized spacial score (nSPS) is 16.3. The summed E-state index contributed by atoms with van der Waals surface area (Å²) in [6.45, 7) is 3.77. The highest BCUT2D eigenvalue weighted by atomic mass is 35.5. The van der Waals surface area contributed by atoms with Crippen LogP contribution in [0.25, 0.3) is 0 Å². The predicted octanol–water partition coefficient (Wildman–Crippen LogP) is 4.46. The van der Waals surface area contributed by atoms with Crippen molar-refractivity contribution in [3.63, 3.8) is 0 Å². The lowest BCUT2D eigenvalue weighted by Gasteiger charge is -2.36. The fraction of sp³-hybridized carbons (Fsp3) is 0.273. The van der Waals surface area contributed by atoms with Gasteiger partial charge in [-0.25, -0.2) is 14.0 Å². The van der Waals surface area contributed by atoms with Gasteiger partial charge in [-0.1, -0.05) is 35.9 Å². The van der Waals surface area contributed by atoms with E-state index in [-0.39, 0.29) is 30.9 Å². The zero-order chi connectivity index (χ0) is 21.7. The Morgan fingerprint density at radius 2 is 1.97 bits per heavy atom. The van der Waals surface area contributed by atoms with E-state index in [4.69, 9.17) is 21.1 Å². The molecular weight excluding hydrogens is 411 g/mol. The first kappa shape index (κ1) is 21.6. The van der Waals surface area contributed by atoms with Gasteiger partial charge in [-0.05, 0) is 38.1 Å². The van der Waals surface area contributed by atoms with Crippen molar-refractivity contribution in [1.82, 2.24) is 10.2 Å². The second kappa shape index (κ2) is 9.63. The van der Waals surface area contributed by atoms with Crippen LogP contribution in [0.4, 0.5) is 9.18 Å². The van der Waals surface area contributed by atoms with Crippen molar-refractivity contribution >= 4 is 23.6 Å². The molecule has 1 heterocycles. The number of carbonyl (C=O) groups is 2. The fourth-order valence-corrected chi connectivity index (χ4v) is 3.47. The molecule has 8 heteroatoms. The summed E-state index contributed by atoms with van der Waals surface area (Å²) in [5.41, 5.74) is 0.614. The lowest BCUT2D eigenvalue weighted by molar-refractivity contribution is -0.139. The molecule has 0 radical (unpaired) electrons. The Hall–Kier alpha value is -3.06. The molecule has 0 aromatic heterocycles. The van der Waals surface area contributed by atoms with Gasteiger partial charge < -0.3 is 14.8 Å². The third kappa shape index (κ3) is 4.57. The molecule has 2 aromatic carbocycles. The predicted molar refractivity (Wildman–Crippen MR) is 111 cm³/mol. The molecule has 2 aromatic rings. The molecule has 0 bridgehead atoms. The number of halogens is 2. The number of nitrogens with one attached hydrogen (secondary N) is 1. The third-order valence-electron chi connectivity index (χ3n) is 4.64. The number of benzene rings is 2. The summed E-state index contributed by atoms with van der Waals surface area (Å²) in [5, 5.41) is 3.20. The molecule has 0 saturated carbocycles. The molecule has 30 heavy (non-hydrogen) atoms. The number of nitrogens with zero attached hydrogens (tertiary/aromatic N) is 1. The first-order chi connectivity index (χ1) is 14.5. The molecule has 0 spiro atoms. The largest absolute Gasteiger partial charge is 0.487 e. The first-order valence-electron chi connectivity index (χ1n) is 9.57. The van der Waals surface area contributed by atoms with E-state index >= 15 is 0 Å². The van der Waals surface area contributed by atoms with E-state index in [1.165, 1.54) is 17.0 Å². The minimum absolute atomic E-state index is 0.0965. The Kier molecular flexibility index (Phi) is 6.95. The van der Waals surface area contributed by atoms with Gasteiger partial charge in [0.1, 0.15) is 18.2 Å². The highest BCUT2D eigenvalue weighted by Crippen LogP contribution is 2.33. The summed E-state index contributed by atoms with van der Waals surface area (Å²) >= 11 is 6.00. The van der Waals surface area contributed by atoms with Crippen LogP contribution in [0.15, 0.2) is 59.8 Å². The summed E-state index contributed by atoms with van der Waals surface area (Å²) in [6, 6.07) is 11.3. The minimum atomic E-state index is -1.00. The molecule has 1 aliphatic rings. The Balaban J connectivity index is 2.09. The molecule has 2 amide bonds. The van der Waals surface area contributed by atoms with Crippen molar-refractivity contribution in [3.05, 3.63) is 76.2 Å². The molecule has 0 aliphatic carbocycles. The highest BCUT2D eigenvalue weighted by molar-refractivity contribution is 6.30. The molecule has 0 saturated heterocycles. The highest BCUT2D eigenvalue weighted by Gasteiger charge is 2.38. The van der Waals surface area contributed by atoms with Crippen LogP contribution >= 0.6 is 11.6 Å². The Labute approximate surface area is 179 Å². The third-order valence-corrected chi connectivity index (χ3v) is 4.87. The summed E-state index contributed by atoms with van der Waals surface area (Å²) in [7, 11) is 0. The van der Waals surface area contributed by atoms with Crippen LogP contribution in [0.2, 0.25) is 5.02 Å². The zero-order valence-corrected chi connectivity index (χ0v) is 17.4. The lowest BCUT2D eigenvalue weighted by Crippen LogP contribution is -2.49. The Morgan fingerprint density at radius 3 is 2.63 bits per heavy atom. The number of likely N-dealkylation sites (N-methyl/N-ethyl adjacent to an activating group) is 1. The Bertz CT molecular complexity index is 979.